The summed E-state index contributed by atoms with van der Waals surface area (Å²) in [5.74, 6) is -0.125. The standard InChI is InChI=1S/C22H19ClN2OS2/c1-22(2,3)19-12-27-21(24-19)25-20(26)18-11-15-9-14(7-8-17(15)28-18)13-5-4-6-16(23)10-13/h4-12H,1-3H3,(H,24,25,26). The summed E-state index contributed by atoms with van der Waals surface area (Å²) in [7, 11) is 0. The van der Waals surface area contributed by atoms with Gasteiger partial charge in [-0.05, 0) is 46.8 Å². The highest BCUT2D eigenvalue weighted by Gasteiger charge is 2.19. The van der Waals surface area contributed by atoms with Gasteiger partial charge >= 0.3 is 0 Å². The lowest BCUT2D eigenvalue weighted by Gasteiger charge is -2.14. The van der Waals surface area contributed by atoms with Crippen molar-refractivity contribution in [2.75, 3.05) is 5.32 Å². The molecule has 0 aliphatic heterocycles. The summed E-state index contributed by atoms with van der Waals surface area (Å²) < 4.78 is 1.07. The lowest BCUT2D eigenvalue weighted by molar-refractivity contribution is 0.103. The van der Waals surface area contributed by atoms with Crippen LogP contribution < -0.4 is 5.32 Å². The average Bonchev–Trinajstić information content (AvgIpc) is 3.27. The molecule has 0 unspecified atom stereocenters. The predicted octanol–water partition coefficient (Wildman–Crippen LogP) is 7.23. The van der Waals surface area contributed by atoms with E-state index in [-0.39, 0.29) is 11.3 Å². The van der Waals surface area contributed by atoms with E-state index in [2.05, 4.69) is 43.2 Å². The van der Waals surface area contributed by atoms with Crippen LogP contribution >= 0.6 is 34.3 Å². The number of amides is 1. The van der Waals surface area contributed by atoms with Crippen LogP contribution in [0.4, 0.5) is 5.13 Å². The molecule has 0 fully saturated rings. The maximum Gasteiger partial charge on any atom is 0.267 e. The van der Waals surface area contributed by atoms with E-state index in [1.54, 1.807) is 0 Å². The first kappa shape index (κ1) is 19.1. The number of halogens is 1. The lowest BCUT2D eigenvalue weighted by Crippen LogP contribution is -2.13. The van der Waals surface area contributed by atoms with Crippen molar-refractivity contribution in [2.24, 2.45) is 0 Å². The number of anilines is 1. The summed E-state index contributed by atoms with van der Waals surface area (Å²) in [5.41, 5.74) is 3.09. The molecule has 6 heteroatoms. The molecule has 0 saturated heterocycles. The van der Waals surface area contributed by atoms with Gasteiger partial charge in [0.1, 0.15) is 0 Å². The molecule has 2 aromatic carbocycles. The number of aromatic nitrogens is 1. The molecule has 0 spiro atoms. The second kappa shape index (κ2) is 7.32. The van der Waals surface area contributed by atoms with Gasteiger partial charge in [-0.15, -0.1) is 22.7 Å². The Morgan fingerprint density at radius 2 is 1.86 bits per heavy atom. The number of benzene rings is 2. The van der Waals surface area contributed by atoms with Crippen LogP contribution in [0, 0.1) is 0 Å². The highest BCUT2D eigenvalue weighted by molar-refractivity contribution is 7.21. The second-order valence-corrected chi connectivity index (χ2v) is 9.99. The average molecular weight is 427 g/mol. The van der Waals surface area contributed by atoms with Gasteiger partial charge in [0.15, 0.2) is 5.13 Å². The van der Waals surface area contributed by atoms with Crippen molar-refractivity contribution in [1.82, 2.24) is 4.98 Å². The molecule has 0 aliphatic carbocycles. The molecule has 1 amide bonds. The predicted molar refractivity (Wildman–Crippen MR) is 121 cm³/mol. The number of hydrogen-bond donors (Lipinski definition) is 1. The van der Waals surface area contributed by atoms with Crippen LogP contribution in [0.25, 0.3) is 21.2 Å². The Morgan fingerprint density at radius 1 is 1.07 bits per heavy atom. The number of thiazole rings is 1. The molecule has 2 heterocycles. The number of rotatable bonds is 3. The fourth-order valence-electron chi connectivity index (χ4n) is 2.84. The molecule has 0 atom stereocenters. The number of fused-ring (bicyclic) bond motifs is 1. The van der Waals surface area contributed by atoms with Gasteiger partial charge in [0.05, 0.1) is 10.6 Å². The van der Waals surface area contributed by atoms with Gasteiger partial charge in [-0.25, -0.2) is 4.98 Å². The SMILES string of the molecule is CC(C)(C)c1csc(NC(=O)c2cc3cc(-c4cccc(Cl)c4)ccc3s2)n1. The zero-order valence-corrected chi connectivity index (χ0v) is 18.1. The molecule has 142 valence electrons. The molecule has 4 aromatic rings. The fraction of sp³-hybridized carbons (Fsp3) is 0.182. The van der Waals surface area contributed by atoms with Gasteiger partial charge in [-0.2, -0.15) is 0 Å². The summed E-state index contributed by atoms with van der Waals surface area (Å²) >= 11 is 9.05. The van der Waals surface area contributed by atoms with E-state index >= 15 is 0 Å². The van der Waals surface area contributed by atoms with Gasteiger partial charge < -0.3 is 0 Å². The van der Waals surface area contributed by atoms with Crippen LogP contribution in [0.2, 0.25) is 5.02 Å². The molecule has 0 aliphatic rings. The quantitative estimate of drug-likeness (QED) is 0.375. The highest BCUT2D eigenvalue weighted by Crippen LogP contribution is 2.32. The maximum absolute atomic E-state index is 12.7. The number of carbonyl (C=O) groups excluding carboxylic acids is 1. The van der Waals surface area contributed by atoms with E-state index in [4.69, 9.17) is 11.6 Å². The molecule has 3 nitrogen and oxygen atoms in total. The van der Waals surface area contributed by atoms with Crippen LogP contribution in [-0.2, 0) is 5.41 Å². The number of nitrogens with zero attached hydrogens (tertiary/aromatic N) is 1. The Balaban J connectivity index is 1.59. The Bertz CT molecular complexity index is 1170. The molecular weight excluding hydrogens is 408 g/mol. The Morgan fingerprint density at radius 3 is 2.57 bits per heavy atom. The fourth-order valence-corrected chi connectivity index (χ4v) is 4.90. The summed E-state index contributed by atoms with van der Waals surface area (Å²) in [5, 5.41) is 7.31. The van der Waals surface area contributed by atoms with Gasteiger partial charge in [0.2, 0.25) is 0 Å². The van der Waals surface area contributed by atoms with E-state index < -0.39 is 0 Å². The second-order valence-electron chi connectivity index (χ2n) is 7.62. The third kappa shape index (κ3) is 3.97. The third-order valence-corrected chi connectivity index (χ3v) is 6.50. The molecule has 1 N–H and O–H groups in total. The topological polar surface area (TPSA) is 42.0 Å². The maximum atomic E-state index is 12.7. The van der Waals surface area contributed by atoms with Crippen molar-refractivity contribution in [3.05, 3.63) is 69.5 Å². The zero-order valence-electron chi connectivity index (χ0n) is 15.7. The zero-order chi connectivity index (χ0) is 19.9. The minimum absolute atomic E-state index is 0.0339. The Labute approximate surface area is 177 Å². The first-order valence-corrected chi connectivity index (χ1v) is 10.9. The normalized spacial score (nSPS) is 11.7. The van der Waals surface area contributed by atoms with Crippen LogP contribution in [0.1, 0.15) is 36.1 Å². The minimum atomic E-state index is -0.125. The van der Waals surface area contributed by atoms with Crippen LogP contribution in [0.3, 0.4) is 0 Å². The summed E-state index contributed by atoms with van der Waals surface area (Å²) in [6.45, 7) is 6.32. The highest BCUT2D eigenvalue weighted by atomic mass is 35.5. The summed E-state index contributed by atoms with van der Waals surface area (Å²) in [6.07, 6.45) is 0. The van der Waals surface area contributed by atoms with Gasteiger partial charge in [0, 0.05) is 20.5 Å². The first-order chi connectivity index (χ1) is 13.3. The molecule has 0 bridgehead atoms. The number of nitrogens with one attached hydrogen (secondary N) is 1. The minimum Gasteiger partial charge on any atom is -0.297 e. The number of thiophene rings is 1. The molecular formula is C22H19ClN2OS2. The van der Waals surface area contributed by atoms with Crippen molar-refractivity contribution in [3.8, 4) is 11.1 Å². The van der Waals surface area contributed by atoms with Crippen molar-refractivity contribution in [2.45, 2.75) is 26.2 Å². The van der Waals surface area contributed by atoms with Gasteiger partial charge in [-0.1, -0.05) is 50.6 Å². The van der Waals surface area contributed by atoms with Crippen molar-refractivity contribution >= 4 is 55.4 Å². The van der Waals surface area contributed by atoms with Crippen molar-refractivity contribution in [3.63, 3.8) is 0 Å². The van der Waals surface area contributed by atoms with E-state index in [0.717, 1.165) is 26.9 Å². The third-order valence-electron chi connectivity index (χ3n) is 4.39. The van der Waals surface area contributed by atoms with Crippen LogP contribution in [0.5, 0.6) is 0 Å². The number of carbonyl (C=O) groups is 1. The molecule has 0 saturated carbocycles. The summed E-state index contributed by atoms with van der Waals surface area (Å²) in [4.78, 5) is 17.9. The monoisotopic (exact) mass is 426 g/mol. The van der Waals surface area contributed by atoms with E-state index in [0.29, 0.717) is 15.0 Å². The van der Waals surface area contributed by atoms with Crippen molar-refractivity contribution in [1.29, 1.82) is 0 Å². The van der Waals surface area contributed by atoms with Crippen LogP contribution in [0.15, 0.2) is 53.9 Å². The Hall–Kier alpha value is -2.21. The molecule has 28 heavy (non-hydrogen) atoms. The first-order valence-electron chi connectivity index (χ1n) is 8.86. The van der Waals surface area contributed by atoms with E-state index in [9.17, 15) is 4.79 Å². The largest absolute Gasteiger partial charge is 0.297 e. The van der Waals surface area contributed by atoms with Crippen molar-refractivity contribution < 1.29 is 4.79 Å². The summed E-state index contributed by atoms with van der Waals surface area (Å²) in [6, 6.07) is 15.9. The van der Waals surface area contributed by atoms with Gasteiger partial charge in [0.25, 0.3) is 5.91 Å². The molecule has 0 radical (unpaired) electrons. The number of hydrogen-bond acceptors (Lipinski definition) is 4. The van der Waals surface area contributed by atoms with E-state index in [1.165, 1.54) is 22.7 Å². The molecule has 2 aromatic heterocycles. The van der Waals surface area contributed by atoms with Crippen LogP contribution in [-0.4, -0.2) is 10.9 Å². The van der Waals surface area contributed by atoms with E-state index in [1.807, 2.05) is 41.8 Å². The Kier molecular flexibility index (Phi) is 5.00. The van der Waals surface area contributed by atoms with Gasteiger partial charge in [-0.3, -0.25) is 10.1 Å². The lowest BCUT2D eigenvalue weighted by atomic mass is 9.93. The smallest absolute Gasteiger partial charge is 0.267 e. The molecule has 4 rings (SSSR count).